The van der Waals surface area contributed by atoms with Crippen LogP contribution in [0.25, 0.3) is 0 Å². The molecule has 0 aliphatic carbocycles. The van der Waals surface area contributed by atoms with E-state index in [1.165, 1.54) is 42.5 Å². The first kappa shape index (κ1) is 25.7. The molecule has 0 aliphatic heterocycles. The molecule has 0 aliphatic rings. The van der Waals surface area contributed by atoms with Gasteiger partial charge in [0.05, 0.1) is 9.79 Å². The summed E-state index contributed by atoms with van der Waals surface area (Å²) in [5.41, 5.74) is 2.79. The molecule has 4 amide bonds. The highest BCUT2D eigenvalue weighted by molar-refractivity contribution is 7.90. The van der Waals surface area contributed by atoms with Crippen LogP contribution in [0.3, 0.4) is 0 Å². The molecule has 184 valence electrons. The number of urea groups is 2. The highest BCUT2D eigenvalue weighted by Gasteiger charge is 2.19. The van der Waals surface area contributed by atoms with Gasteiger partial charge < -0.3 is 10.6 Å². The fraction of sp³-hybridized carbons (Fsp3) is 0.130. The predicted octanol–water partition coefficient (Wildman–Crippen LogP) is 3.63. The van der Waals surface area contributed by atoms with Gasteiger partial charge in [-0.1, -0.05) is 35.4 Å². The smallest absolute Gasteiger partial charge is 0.307 e. The zero-order valence-electron chi connectivity index (χ0n) is 19.1. The molecule has 0 fully saturated rings. The predicted molar refractivity (Wildman–Crippen MR) is 132 cm³/mol. The lowest BCUT2D eigenvalue weighted by molar-refractivity contribution is 0.255. The molecule has 0 heterocycles. The Labute approximate surface area is 203 Å². The Hall–Kier alpha value is -3.90. The van der Waals surface area contributed by atoms with E-state index in [-0.39, 0.29) is 15.5 Å². The summed E-state index contributed by atoms with van der Waals surface area (Å²) in [5.74, 6) is 0. The minimum Gasteiger partial charge on any atom is -0.307 e. The number of hydrogen-bond acceptors (Lipinski definition) is 6. The summed E-state index contributed by atoms with van der Waals surface area (Å²) >= 11 is 0. The second kappa shape index (κ2) is 10.2. The van der Waals surface area contributed by atoms with E-state index in [4.69, 9.17) is 0 Å². The third kappa shape index (κ3) is 6.80. The summed E-state index contributed by atoms with van der Waals surface area (Å²) in [6, 6.07) is 14.4. The zero-order chi connectivity index (χ0) is 25.8. The molecule has 12 heteroatoms. The molecule has 0 saturated heterocycles. The molecular formula is C23H24N4O6S2. The van der Waals surface area contributed by atoms with Gasteiger partial charge in [-0.2, -0.15) is 0 Å². The molecule has 3 rings (SSSR count). The zero-order valence-corrected chi connectivity index (χ0v) is 20.7. The van der Waals surface area contributed by atoms with Crippen molar-refractivity contribution in [2.45, 2.75) is 30.6 Å². The van der Waals surface area contributed by atoms with E-state index in [1.807, 2.05) is 23.3 Å². The molecule has 0 bridgehead atoms. The highest BCUT2D eigenvalue weighted by Crippen LogP contribution is 2.20. The van der Waals surface area contributed by atoms with Gasteiger partial charge in [0.15, 0.2) is 0 Å². The first-order chi connectivity index (χ1) is 16.4. The summed E-state index contributed by atoms with van der Waals surface area (Å²) in [6.07, 6.45) is 0. The third-order valence-electron chi connectivity index (χ3n) is 4.85. The van der Waals surface area contributed by atoms with Crippen LogP contribution in [0.15, 0.2) is 76.5 Å². The Balaban J connectivity index is 1.62. The monoisotopic (exact) mass is 516 g/mol. The van der Waals surface area contributed by atoms with E-state index in [0.29, 0.717) is 11.3 Å². The number of rotatable bonds is 6. The van der Waals surface area contributed by atoms with Crippen molar-refractivity contribution in [2.75, 3.05) is 10.6 Å². The molecule has 0 spiro atoms. The second-order valence-electron chi connectivity index (χ2n) is 7.78. The fourth-order valence-electron chi connectivity index (χ4n) is 2.98. The molecule has 3 aromatic rings. The molecule has 3 aromatic carbocycles. The Morgan fingerprint density at radius 1 is 0.600 bits per heavy atom. The van der Waals surface area contributed by atoms with Crippen molar-refractivity contribution >= 4 is 43.5 Å². The lowest BCUT2D eigenvalue weighted by Gasteiger charge is -2.13. The number of carbonyl (C=O) groups is 2. The summed E-state index contributed by atoms with van der Waals surface area (Å²) < 4.78 is 53.3. The van der Waals surface area contributed by atoms with Crippen molar-refractivity contribution in [1.82, 2.24) is 9.44 Å². The Morgan fingerprint density at radius 2 is 1.03 bits per heavy atom. The van der Waals surface area contributed by atoms with Crippen LogP contribution in [0.1, 0.15) is 16.7 Å². The van der Waals surface area contributed by atoms with Gasteiger partial charge in [-0.05, 0) is 68.8 Å². The third-order valence-corrected chi connectivity index (χ3v) is 7.54. The van der Waals surface area contributed by atoms with E-state index >= 15 is 0 Å². The lowest BCUT2D eigenvalue weighted by atomic mass is 10.2. The van der Waals surface area contributed by atoms with Crippen LogP contribution in [0, 0.1) is 20.8 Å². The molecule has 0 radical (unpaired) electrons. The van der Waals surface area contributed by atoms with Crippen molar-refractivity contribution < 1.29 is 26.4 Å². The number of amides is 4. The lowest BCUT2D eigenvalue weighted by Crippen LogP contribution is -2.35. The van der Waals surface area contributed by atoms with Crippen molar-refractivity contribution in [3.05, 3.63) is 83.4 Å². The number of anilines is 2. The van der Waals surface area contributed by atoms with Crippen molar-refractivity contribution in [3.63, 3.8) is 0 Å². The maximum absolute atomic E-state index is 12.4. The first-order valence-corrected chi connectivity index (χ1v) is 13.2. The molecule has 0 unspecified atom stereocenters. The SMILES string of the molecule is Cc1ccc(S(=O)(=O)NC(=O)Nc2ccc(NC(=O)NS(=O)(=O)c3ccc(C)cc3)c(C)c2)cc1. The Morgan fingerprint density at radius 3 is 1.46 bits per heavy atom. The average molecular weight is 517 g/mol. The average Bonchev–Trinajstić information content (AvgIpc) is 2.75. The van der Waals surface area contributed by atoms with E-state index in [1.54, 1.807) is 31.2 Å². The summed E-state index contributed by atoms with van der Waals surface area (Å²) in [4.78, 5) is 24.3. The fourth-order valence-corrected chi connectivity index (χ4v) is 4.80. The number of sulfonamides is 2. The van der Waals surface area contributed by atoms with Crippen LogP contribution in [0.2, 0.25) is 0 Å². The molecule has 4 N–H and O–H groups in total. The first-order valence-electron chi connectivity index (χ1n) is 10.3. The Kier molecular flexibility index (Phi) is 7.46. The standard InChI is InChI=1S/C23H24N4O6S2/c1-15-4-9-19(10-5-15)34(30,31)26-22(28)24-18-8-13-21(17(3)14-18)25-23(29)27-35(32,33)20-11-6-16(2)7-12-20/h4-14H,1-3H3,(H2,24,26,28)(H2,25,27,29). The van der Waals surface area contributed by atoms with E-state index in [9.17, 15) is 26.4 Å². The van der Waals surface area contributed by atoms with Gasteiger partial charge in [0.2, 0.25) is 0 Å². The highest BCUT2D eigenvalue weighted by atomic mass is 32.2. The summed E-state index contributed by atoms with van der Waals surface area (Å²) in [6.45, 7) is 5.24. The molecule has 0 aromatic heterocycles. The number of hydrogen-bond donors (Lipinski definition) is 4. The summed E-state index contributed by atoms with van der Waals surface area (Å²) in [5, 5.41) is 4.85. The molecule has 10 nitrogen and oxygen atoms in total. The van der Waals surface area contributed by atoms with Crippen LogP contribution in [0.4, 0.5) is 21.0 Å². The van der Waals surface area contributed by atoms with Gasteiger partial charge in [0.1, 0.15) is 0 Å². The van der Waals surface area contributed by atoms with Gasteiger partial charge in [0, 0.05) is 11.4 Å². The maximum atomic E-state index is 12.4. The van der Waals surface area contributed by atoms with Crippen LogP contribution in [0.5, 0.6) is 0 Å². The number of aryl methyl sites for hydroxylation is 3. The largest absolute Gasteiger partial charge is 0.333 e. The number of nitrogens with one attached hydrogen (secondary N) is 4. The Bertz CT molecular complexity index is 1470. The normalized spacial score (nSPS) is 11.4. The van der Waals surface area contributed by atoms with Crippen molar-refractivity contribution in [3.8, 4) is 0 Å². The van der Waals surface area contributed by atoms with Crippen LogP contribution in [-0.4, -0.2) is 28.9 Å². The van der Waals surface area contributed by atoms with Gasteiger partial charge in [0.25, 0.3) is 20.0 Å². The number of carbonyl (C=O) groups excluding carboxylic acids is 2. The van der Waals surface area contributed by atoms with E-state index < -0.39 is 32.1 Å². The van der Waals surface area contributed by atoms with E-state index in [0.717, 1.165) is 11.1 Å². The van der Waals surface area contributed by atoms with Crippen molar-refractivity contribution in [2.24, 2.45) is 0 Å². The molecule has 0 atom stereocenters. The maximum Gasteiger partial charge on any atom is 0.333 e. The van der Waals surface area contributed by atoms with Gasteiger partial charge in [-0.25, -0.2) is 35.9 Å². The van der Waals surface area contributed by atoms with E-state index in [2.05, 4.69) is 10.6 Å². The molecule has 35 heavy (non-hydrogen) atoms. The van der Waals surface area contributed by atoms with Gasteiger partial charge in [-0.15, -0.1) is 0 Å². The number of benzene rings is 3. The van der Waals surface area contributed by atoms with Crippen molar-refractivity contribution in [1.29, 1.82) is 0 Å². The molecule has 0 saturated carbocycles. The quantitative estimate of drug-likeness (QED) is 0.393. The van der Waals surface area contributed by atoms with Crippen LogP contribution in [-0.2, 0) is 20.0 Å². The van der Waals surface area contributed by atoms with Gasteiger partial charge in [-0.3, -0.25) is 0 Å². The topological polar surface area (TPSA) is 151 Å². The molecular weight excluding hydrogens is 492 g/mol. The minimum atomic E-state index is -4.06. The van der Waals surface area contributed by atoms with Crippen LogP contribution < -0.4 is 20.1 Å². The minimum absolute atomic E-state index is 0.0545. The second-order valence-corrected chi connectivity index (χ2v) is 11.1. The van der Waals surface area contributed by atoms with Gasteiger partial charge >= 0.3 is 12.1 Å². The summed E-state index contributed by atoms with van der Waals surface area (Å²) in [7, 11) is -8.12. The van der Waals surface area contributed by atoms with Crippen LogP contribution >= 0.6 is 0 Å².